The van der Waals surface area contributed by atoms with E-state index in [1.165, 1.54) is 0 Å². The van der Waals surface area contributed by atoms with Gasteiger partial charge in [-0.3, -0.25) is 0 Å². The van der Waals surface area contributed by atoms with Crippen molar-refractivity contribution in [2.45, 2.75) is 26.2 Å². The van der Waals surface area contributed by atoms with Gasteiger partial charge in [0.2, 0.25) is 0 Å². The number of hydrogen-bond acceptors (Lipinski definition) is 4. The van der Waals surface area contributed by atoms with E-state index in [0.717, 1.165) is 10.5 Å². The molecule has 0 aromatic rings. The van der Waals surface area contributed by atoms with Crippen LogP contribution in [-0.2, 0) is 16.5 Å². The van der Waals surface area contributed by atoms with Crippen LogP contribution in [0.4, 0.5) is 0 Å². The van der Waals surface area contributed by atoms with Crippen LogP contribution >= 0.6 is 0 Å². The molecule has 1 unspecified atom stereocenters. The third-order valence-corrected chi connectivity index (χ3v) is 9.67. The molecule has 0 aliphatic heterocycles. The first-order chi connectivity index (χ1) is 5.99. The molecule has 0 spiro atoms. The summed E-state index contributed by atoms with van der Waals surface area (Å²) in [6.45, 7) is 8.56. The Kier molecular flexibility index (Phi) is 7.76. The Morgan fingerprint density at radius 2 is 1.85 bits per heavy atom. The molecule has 0 heterocycles. The Bertz CT molecular complexity index is 128. The van der Waals surface area contributed by atoms with Crippen molar-refractivity contribution >= 4 is 48.1 Å². The fourth-order valence-corrected chi connectivity index (χ4v) is 9.30. The first-order valence-electron chi connectivity index (χ1n) is 4.39. The van der Waals surface area contributed by atoms with Gasteiger partial charge in [-0.15, -0.1) is 0 Å². The van der Waals surface area contributed by atoms with Gasteiger partial charge in [-0.2, -0.15) is 0 Å². The Morgan fingerprint density at radius 3 is 2.23 bits per heavy atom. The van der Waals surface area contributed by atoms with Gasteiger partial charge in [-0.1, -0.05) is 6.55 Å². The summed E-state index contributed by atoms with van der Waals surface area (Å²) in [5.74, 6) is 0. The Morgan fingerprint density at radius 1 is 1.23 bits per heavy atom. The van der Waals surface area contributed by atoms with Gasteiger partial charge in [-0.25, -0.2) is 0 Å². The molecule has 0 aromatic heterocycles. The fourth-order valence-electron chi connectivity index (χ4n) is 0.665. The summed E-state index contributed by atoms with van der Waals surface area (Å²) in [6, 6.07) is 0. The zero-order chi connectivity index (χ0) is 10.3. The van der Waals surface area contributed by atoms with E-state index in [-0.39, 0.29) is 0 Å². The average Bonchev–Trinajstić information content (AvgIpc) is 1.98. The SMILES string of the molecule is C[SiH2]O[SiH](O[SiH2]O[SiH3])O[Si](C)(C)C. The van der Waals surface area contributed by atoms with Crippen LogP contribution in [0.5, 0.6) is 0 Å². The summed E-state index contributed by atoms with van der Waals surface area (Å²) in [4.78, 5) is 0. The van der Waals surface area contributed by atoms with E-state index in [9.17, 15) is 0 Å². The quantitative estimate of drug-likeness (QED) is 0.503. The normalized spacial score (nSPS) is 16.6. The number of rotatable bonds is 7. The van der Waals surface area contributed by atoms with Crippen LogP contribution in [-0.4, -0.2) is 48.1 Å². The molecule has 0 rings (SSSR count). The Balaban J connectivity index is 3.79. The molecule has 0 saturated carbocycles. The molecule has 1 atom stereocenters. The third kappa shape index (κ3) is 9.23. The van der Waals surface area contributed by atoms with E-state index < -0.39 is 37.6 Å². The molecule has 0 bridgehead atoms. The van der Waals surface area contributed by atoms with Crippen molar-refractivity contribution in [3.63, 3.8) is 0 Å². The van der Waals surface area contributed by atoms with Gasteiger partial charge in [0.05, 0.1) is 0 Å². The van der Waals surface area contributed by atoms with E-state index in [4.69, 9.17) is 16.5 Å². The predicted molar refractivity (Wildman–Crippen MR) is 67.7 cm³/mol. The van der Waals surface area contributed by atoms with E-state index in [0.29, 0.717) is 0 Å². The van der Waals surface area contributed by atoms with Crippen molar-refractivity contribution in [2.75, 3.05) is 0 Å². The van der Waals surface area contributed by atoms with Gasteiger partial charge < -0.3 is 16.5 Å². The van der Waals surface area contributed by atoms with Gasteiger partial charge in [0.15, 0.2) is 8.32 Å². The Hall–Kier alpha value is 0.924. The second-order valence-electron chi connectivity index (χ2n) is 3.55. The van der Waals surface area contributed by atoms with Crippen molar-refractivity contribution < 1.29 is 16.5 Å². The molecule has 0 aliphatic carbocycles. The summed E-state index contributed by atoms with van der Waals surface area (Å²) >= 11 is 0. The van der Waals surface area contributed by atoms with Crippen molar-refractivity contribution in [1.29, 1.82) is 0 Å². The van der Waals surface area contributed by atoms with Crippen LogP contribution in [0.1, 0.15) is 0 Å². The second kappa shape index (κ2) is 7.25. The van der Waals surface area contributed by atoms with Gasteiger partial charge in [-0.05, 0) is 19.6 Å². The molecule has 0 aromatic carbocycles. The molecule has 0 amide bonds. The van der Waals surface area contributed by atoms with Crippen LogP contribution in [0.15, 0.2) is 0 Å². The van der Waals surface area contributed by atoms with Crippen molar-refractivity contribution in [1.82, 2.24) is 0 Å². The summed E-state index contributed by atoms with van der Waals surface area (Å²) in [6.07, 6.45) is 0. The molecule has 9 heteroatoms. The summed E-state index contributed by atoms with van der Waals surface area (Å²) < 4.78 is 22.0. The zero-order valence-electron chi connectivity index (χ0n) is 9.12. The summed E-state index contributed by atoms with van der Waals surface area (Å²) in [7, 11) is -3.74. The van der Waals surface area contributed by atoms with Crippen molar-refractivity contribution in [2.24, 2.45) is 0 Å². The van der Waals surface area contributed by atoms with Gasteiger partial charge in [0.1, 0.15) is 20.2 Å². The van der Waals surface area contributed by atoms with Gasteiger partial charge in [0.25, 0.3) is 10.0 Å². The van der Waals surface area contributed by atoms with Crippen LogP contribution in [0, 0.1) is 0 Å². The van der Waals surface area contributed by atoms with E-state index in [2.05, 4.69) is 26.2 Å². The highest BCUT2D eigenvalue weighted by Crippen LogP contribution is 2.06. The lowest BCUT2D eigenvalue weighted by atomic mass is 11.8. The first kappa shape index (κ1) is 13.9. The molecule has 80 valence electrons. The first-order valence-corrected chi connectivity index (χ1v) is 13.2. The molecule has 0 fully saturated rings. The fraction of sp³-hybridized carbons (Fsp3) is 1.00. The molecule has 0 radical (unpaired) electrons. The highest BCUT2D eigenvalue weighted by Gasteiger charge is 2.23. The molecule has 13 heavy (non-hydrogen) atoms. The minimum absolute atomic E-state index is 0.418. The average molecular weight is 273 g/mol. The molecule has 0 aliphatic rings. The topological polar surface area (TPSA) is 36.9 Å². The van der Waals surface area contributed by atoms with Crippen LogP contribution in [0.3, 0.4) is 0 Å². The maximum Gasteiger partial charge on any atom is 0.453 e. The maximum atomic E-state index is 5.82. The second-order valence-corrected chi connectivity index (χ2v) is 15.1. The third-order valence-electron chi connectivity index (χ3n) is 1.07. The number of hydrogen-bond donors (Lipinski definition) is 0. The van der Waals surface area contributed by atoms with E-state index in [1.807, 2.05) is 0 Å². The summed E-state index contributed by atoms with van der Waals surface area (Å²) in [5, 5.41) is 0. The largest absolute Gasteiger partial charge is 0.453 e. The maximum absolute atomic E-state index is 5.82. The predicted octanol–water partition coefficient (Wildman–Crippen LogP) is -1.98. The zero-order valence-corrected chi connectivity index (χ0v) is 16.1. The minimum atomic E-state index is -1.79. The lowest BCUT2D eigenvalue weighted by molar-refractivity contribution is 0.302. The van der Waals surface area contributed by atoms with Crippen LogP contribution < -0.4 is 0 Å². The van der Waals surface area contributed by atoms with Crippen molar-refractivity contribution in [3.05, 3.63) is 0 Å². The lowest BCUT2D eigenvalue weighted by Crippen LogP contribution is -2.40. The van der Waals surface area contributed by atoms with Gasteiger partial charge in [0, 0.05) is 0 Å². The highest BCUT2D eigenvalue weighted by molar-refractivity contribution is 6.76. The van der Waals surface area contributed by atoms with Gasteiger partial charge >= 0.3 is 9.53 Å². The highest BCUT2D eigenvalue weighted by atomic mass is 28.5. The standard InChI is InChI=1S/C4H20O4Si5/c1-10-6-12(7-11-5-9)8-13(2,3)4/h12H,10-11H2,1-4,9H3. The van der Waals surface area contributed by atoms with E-state index >= 15 is 0 Å². The van der Waals surface area contributed by atoms with Crippen LogP contribution in [0.2, 0.25) is 26.2 Å². The minimum Gasteiger partial charge on any atom is -0.449 e. The lowest BCUT2D eigenvalue weighted by Gasteiger charge is -2.24. The molecule has 0 N–H and O–H groups in total. The molecule has 0 saturated heterocycles. The molecule has 4 nitrogen and oxygen atoms in total. The van der Waals surface area contributed by atoms with Crippen molar-refractivity contribution in [3.8, 4) is 0 Å². The van der Waals surface area contributed by atoms with Crippen LogP contribution in [0.25, 0.3) is 0 Å². The monoisotopic (exact) mass is 272 g/mol. The van der Waals surface area contributed by atoms with E-state index in [1.54, 1.807) is 0 Å². The summed E-state index contributed by atoms with van der Waals surface area (Å²) in [5.41, 5.74) is 0. The smallest absolute Gasteiger partial charge is 0.449 e. The molecular weight excluding hydrogens is 252 g/mol. The molecular formula is C4H20O4Si5. The Labute approximate surface area is 91.0 Å².